The zero-order chi connectivity index (χ0) is 9.90. The van der Waals surface area contributed by atoms with Crippen molar-refractivity contribution in [3.05, 3.63) is 0 Å². The summed E-state index contributed by atoms with van der Waals surface area (Å²) in [6.07, 6.45) is 2.85. The highest BCUT2D eigenvalue weighted by molar-refractivity contribution is 8.13. The largest absolute Gasteiger partial charge is 0.395 e. The predicted molar refractivity (Wildman–Crippen MR) is 55.7 cm³/mol. The number of aliphatic hydroxyl groups excluding tert-OH is 1. The molecule has 2 nitrogen and oxygen atoms in total. The summed E-state index contributed by atoms with van der Waals surface area (Å²) in [6.45, 7) is 4.36. The Morgan fingerprint density at radius 2 is 2.15 bits per heavy atom. The van der Waals surface area contributed by atoms with Crippen molar-refractivity contribution in [2.75, 3.05) is 12.4 Å². The van der Waals surface area contributed by atoms with E-state index in [1.165, 1.54) is 11.8 Å². The standard InChI is InChI=1S/C10H18O2S/c1-8(2)3-6-13-9(12)10(7-11)4-5-10/h8,11H,3-7H2,1-2H3. The van der Waals surface area contributed by atoms with E-state index < -0.39 is 0 Å². The third kappa shape index (κ3) is 2.99. The van der Waals surface area contributed by atoms with E-state index in [2.05, 4.69) is 13.8 Å². The Bertz CT molecular complexity index is 185. The molecule has 13 heavy (non-hydrogen) atoms. The second-order valence-corrected chi connectivity index (χ2v) is 5.32. The van der Waals surface area contributed by atoms with Crippen LogP contribution in [0.5, 0.6) is 0 Å². The SMILES string of the molecule is CC(C)CCSC(=O)C1(CO)CC1. The van der Waals surface area contributed by atoms with E-state index in [1.807, 2.05) is 0 Å². The lowest BCUT2D eigenvalue weighted by Crippen LogP contribution is -2.17. The van der Waals surface area contributed by atoms with Gasteiger partial charge in [0, 0.05) is 5.75 Å². The van der Waals surface area contributed by atoms with Crippen molar-refractivity contribution in [3.8, 4) is 0 Å². The molecule has 0 aromatic rings. The van der Waals surface area contributed by atoms with E-state index in [-0.39, 0.29) is 17.1 Å². The molecule has 0 atom stereocenters. The minimum absolute atomic E-state index is 0.0422. The molecule has 1 fully saturated rings. The van der Waals surface area contributed by atoms with Gasteiger partial charge in [0.2, 0.25) is 0 Å². The molecule has 3 heteroatoms. The maximum absolute atomic E-state index is 11.5. The molecular weight excluding hydrogens is 184 g/mol. The van der Waals surface area contributed by atoms with Crippen LogP contribution in [0.25, 0.3) is 0 Å². The topological polar surface area (TPSA) is 37.3 Å². The zero-order valence-electron chi connectivity index (χ0n) is 8.38. The smallest absolute Gasteiger partial charge is 0.197 e. The Morgan fingerprint density at radius 3 is 2.54 bits per heavy atom. The molecule has 0 heterocycles. The Kier molecular flexibility index (Phi) is 3.80. The fourth-order valence-electron chi connectivity index (χ4n) is 1.12. The van der Waals surface area contributed by atoms with E-state index in [9.17, 15) is 4.79 Å². The van der Waals surface area contributed by atoms with Crippen molar-refractivity contribution in [1.82, 2.24) is 0 Å². The van der Waals surface area contributed by atoms with Crippen LogP contribution in [0.15, 0.2) is 0 Å². The number of hydrogen-bond acceptors (Lipinski definition) is 3. The van der Waals surface area contributed by atoms with Crippen molar-refractivity contribution in [3.63, 3.8) is 0 Å². The highest BCUT2D eigenvalue weighted by Crippen LogP contribution is 2.48. The van der Waals surface area contributed by atoms with E-state index in [0.717, 1.165) is 25.0 Å². The van der Waals surface area contributed by atoms with E-state index >= 15 is 0 Å². The molecule has 0 aromatic heterocycles. The minimum Gasteiger partial charge on any atom is -0.395 e. The van der Waals surface area contributed by atoms with E-state index in [4.69, 9.17) is 5.11 Å². The number of rotatable bonds is 5. The van der Waals surface area contributed by atoms with Gasteiger partial charge in [0.05, 0.1) is 12.0 Å². The summed E-state index contributed by atoms with van der Waals surface area (Å²) in [7, 11) is 0. The van der Waals surface area contributed by atoms with Crippen LogP contribution in [-0.4, -0.2) is 22.6 Å². The number of carbonyl (C=O) groups is 1. The fourth-order valence-corrected chi connectivity index (χ4v) is 2.47. The van der Waals surface area contributed by atoms with Gasteiger partial charge in [-0.3, -0.25) is 4.79 Å². The van der Waals surface area contributed by atoms with Crippen LogP contribution in [0.2, 0.25) is 0 Å². The van der Waals surface area contributed by atoms with Gasteiger partial charge in [-0.05, 0) is 25.2 Å². The Morgan fingerprint density at radius 1 is 1.54 bits per heavy atom. The molecule has 1 N–H and O–H groups in total. The molecule has 0 amide bonds. The molecule has 0 saturated heterocycles. The Balaban J connectivity index is 2.18. The molecule has 0 bridgehead atoms. The molecule has 1 rings (SSSR count). The van der Waals surface area contributed by atoms with Gasteiger partial charge in [0.1, 0.15) is 0 Å². The van der Waals surface area contributed by atoms with Crippen molar-refractivity contribution < 1.29 is 9.90 Å². The lowest BCUT2D eigenvalue weighted by molar-refractivity contribution is -0.116. The summed E-state index contributed by atoms with van der Waals surface area (Å²) in [6, 6.07) is 0. The van der Waals surface area contributed by atoms with Crippen LogP contribution in [0.3, 0.4) is 0 Å². The molecule has 0 aromatic carbocycles. The summed E-state index contributed by atoms with van der Waals surface area (Å²) in [5.74, 6) is 1.56. The first-order valence-electron chi connectivity index (χ1n) is 4.89. The first kappa shape index (κ1) is 11.1. The maximum atomic E-state index is 11.5. The van der Waals surface area contributed by atoms with Gasteiger partial charge in [-0.1, -0.05) is 25.6 Å². The minimum atomic E-state index is -0.332. The third-order valence-corrected chi connectivity index (χ3v) is 3.65. The normalized spacial score (nSPS) is 19.1. The first-order valence-corrected chi connectivity index (χ1v) is 5.87. The van der Waals surface area contributed by atoms with Gasteiger partial charge in [-0.2, -0.15) is 0 Å². The molecule has 76 valence electrons. The van der Waals surface area contributed by atoms with E-state index in [0.29, 0.717) is 5.92 Å². The molecule has 0 spiro atoms. The molecule has 1 saturated carbocycles. The van der Waals surface area contributed by atoms with Crippen LogP contribution >= 0.6 is 11.8 Å². The highest BCUT2D eigenvalue weighted by atomic mass is 32.2. The monoisotopic (exact) mass is 202 g/mol. The van der Waals surface area contributed by atoms with Crippen molar-refractivity contribution in [2.24, 2.45) is 11.3 Å². The fraction of sp³-hybridized carbons (Fsp3) is 0.900. The van der Waals surface area contributed by atoms with Crippen LogP contribution in [-0.2, 0) is 4.79 Å². The quantitative estimate of drug-likeness (QED) is 0.741. The van der Waals surface area contributed by atoms with Crippen LogP contribution < -0.4 is 0 Å². The number of carbonyl (C=O) groups excluding carboxylic acids is 1. The second kappa shape index (κ2) is 4.47. The summed E-state index contributed by atoms with van der Waals surface area (Å²) >= 11 is 1.40. The average molecular weight is 202 g/mol. The Labute approximate surface area is 84.1 Å². The zero-order valence-corrected chi connectivity index (χ0v) is 9.19. The number of hydrogen-bond donors (Lipinski definition) is 1. The summed E-state index contributed by atoms with van der Waals surface area (Å²) in [5, 5.41) is 9.21. The molecular formula is C10H18O2S. The van der Waals surface area contributed by atoms with Gasteiger partial charge in [-0.15, -0.1) is 0 Å². The summed E-state index contributed by atoms with van der Waals surface area (Å²) in [4.78, 5) is 11.5. The lowest BCUT2D eigenvalue weighted by atomic mass is 10.1. The second-order valence-electron chi connectivity index (χ2n) is 4.26. The number of thioether (sulfide) groups is 1. The van der Waals surface area contributed by atoms with Gasteiger partial charge in [-0.25, -0.2) is 0 Å². The van der Waals surface area contributed by atoms with Crippen molar-refractivity contribution >= 4 is 16.9 Å². The van der Waals surface area contributed by atoms with E-state index in [1.54, 1.807) is 0 Å². The van der Waals surface area contributed by atoms with Gasteiger partial charge >= 0.3 is 0 Å². The third-order valence-electron chi connectivity index (χ3n) is 2.52. The van der Waals surface area contributed by atoms with Crippen molar-refractivity contribution in [1.29, 1.82) is 0 Å². The van der Waals surface area contributed by atoms with Crippen molar-refractivity contribution in [2.45, 2.75) is 33.1 Å². The summed E-state index contributed by atoms with van der Waals surface area (Å²) in [5.41, 5.74) is -0.332. The predicted octanol–water partition coefficient (Wildman–Crippen LogP) is 2.06. The Hall–Kier alpha value is -0.0200. The molecule has 1 aliphatic rings. The van der Waals surface area contributed by atoms with Gasteiger partial charge < -0.3 is 5.11 Å². The molecule has 0 radical (unpaired) electrons. The highest BCUT2D eigenvalue weighted by Gasteiger charge is 2.48. The van der Waals surface area contributed by atoms with Crippen LogP contribution in [0.4, 0.5) is 0 Å². The van der Waals surface area contributed by atoms with Gasteiger partial charge in [0.25, 0.3) is 0 Å². The number of aliphatic hydroxyl groups is 1. The van der Waals surface area contributed by atoms with Crippen LogP contribution in [0.1, 0.15) is 33.1 Å². The maximum Gasteiger partial charge on any atom is 0.197 e. The lowest BCUT2D eigenvalue weighted by Gasteiger charge is -2.09. The van der Waals surface area contributed by atoms with Gasteiger partial charge in [0.15, 0.2) is 5.12 Å². The first-order chi connectivity index (χ1) is 6.10. The molecule has 0 unspecified atom stereocenters. The molecule has 0 aliphatic heterocycles. The molecule has 1 aliphatic carbocycles. The van der Waals surface area contributed by atoms with Crippen LogP contribution in [0, 0.1) is 11.3 Å². The summed E-state index contributed by atoms with van der Waals surface area (Å²) < 4.78 is 0. The average Bonchev–Trinajstić information content (AvgIpc) is 2.83.